The molecule has 1 heterocycles. The van der Waals surface area contributed by atoms with Gasteiger partial charge in [0.25, 0.3) is 0 Å². The molecule has 0 radical (unpaired) electrons. The molecule has 35 heavy (non-hydrogen) atoms. The van der Waals surface area contributed by atoms with Crippen LogP contribution in [0.15, 0.2) is 97.6 Å². The number of hydrogen-bond donors (Lipinski definition) is 1. The average molecular weight is 466 g/mol. The molecule has 0 bridgehead atoms. The molecular weight excluding hydrogens is 438 g/mol. The number of ether oxygens (including phenoxy) is 1. The number of aromatic nitrogens is 2. The van der Waals surface area contributed by atoms with Gasteiger partial charge < -0.3 is 4.74 Å². The summed E-state index contributed by atoms with van der Waals surface area (Å²) in [5, 5.41) is 3.79. The van der Waals surface area contributed by atoms with E-state index in [1.54, 1.807) is 12.4 Å². The van der Waals surface area contributed by atoms with Gasteiger partial charge in [0.15, 0.2) is 0 Å². The predicted octanol–water partition coefficient (Wildman–Crippen LogP) is 4.80. The normalized spacial score (nSPS) is 14.1. The third kappa shape index (κ3) is 4.06. The van der Waals surface area contributed by atoms with Crippen molar-refractivity contribution in [2.75, 3.05) is 7.11 Å². The number of benzene rings is 3. The third-order valence-corrected chi connectivity index (χ3v) is 6.71. The van der Waals surface area contributed by atoms with E-state index in [4.69, 9.17) is 4.74 Å². The van der Waals surface area contributed by atoms with E-state index >= 15 is 0 Å². The predicted molar refractivity (Wildman–Crippen MR) is 134 cm³/mol. The number of esters is 1. The number of imidazole rings is 1. The first-order chi connectivity index (χ1) is 17.1. The quantitative estimate of drug-likeness (QED) is 0.379. The van der Waals surface area contributed by atoms with Crippen molar-refractivity contribution in [2.45, 2.75) is 30.8 Å². The van der Waals surface area contributed by atoms with Crippen LogP contribution in [0, 0.1) is 0 Å². The molecule has 3 aromatic carbocycles. The van der Waals surface area contributed by atoms with E-state index in [0.717, 1.165) is 27.8 Å². The van der Waals surface area contributed by atoms with E-state index in [0.29, 0.717) is 12.8 Å². The van der Waals surface area contributed by atoms with Gasteiger partial charge in [0.1, 0.15) is 6.33 Å². The molecule has 1 N–H and O–H groups in total. The molecule has 0 fully saturated rings. The molecule has 6 nitrogen and oxygen atoms in total. The van der Waals surface area contributed by atoms with E-state index in [9.17, 15) is 9.59 Å². The number of rotatable bonds is 8. The Morgan fingerprint density at radius 2 is 1.57 bits per heavy atom. The number of nitrogens with zero attached hydrogens (tertiary/aromatic N) is 2. The molecule has 0 saturated carbocycles. The summed E-state index contributed by atoms with van der Waals surface area (Å²) in [6, 6.07) is 26.3. The monoisotopic (exact) mass is 465 g/mol. The third-order valence-electron chi connectivity index (χ3n) is 6.71. The van der Waals surface area contributed by atoms with Gasteiger partial charge in [0, 0.05) is 18.8 Å². The fourth-order valence-corrected chi connectivity index (χ4v) is 5.11. The first-order valence-electron chi connectivity index (χ1n) is 11.8. The van der Waals surface area contributed by atoms with Crippen LogP contribution in [0.25, 0.3) is 11.1 Å². The van der Waals surface area contributed by atoms with Crippen molar-refractivity contribution in [2.24, 2.45) is 0 Å². The number of methoxy groups -OCH3 is 1. The summed E-state index contributed by atoms with van der Waals surface area (Å²) < 4.78 is 6.32. The van der Waals surface area contributed by atoms with Crippen molar-refractivity contribution < 1.29 is 14.3 Å². The van der Waals surface area contributed by atoms with Crippen molar-refractivity contribution in [3.63, 3.8) is 0 Å². The molecular formula is C29H27N3O3. The fourth-order valence-electron chi connectivity index (χ4n) is 5.11. The van der Waals surface area contributed by atoms with Gasteiger partial charge >= 0.3 is 5.97 Å². The Labute approximate surface area is 204 Å². The van der Waals surface area contributed by atoms with E-state index in [1.807, 2.05) is 42.5 Å². The summed E-state index contributed by atoms with van der Waals surface area (Å²) in [7, 11) is 1.38. The van der Waals surface area contributed by atoms with Crippen molar-refractivity contribution in [1.29, 1.82) is 0 Å². The summed E-state index contributed by atoms with van der Waals surface area (Å²) in [5.41, 5.74) is 4.80. The Balaban J connectivity index is 1.64. The lowest BCUT2D eigenvalue weighted by atomic mass is 9.79. The molecule has 6 heteroatoms. The van der Waals surface area contributed by atoms with Crippen molar-refractivity contribution in [1.82, 2.24) is 14.9 Å². The van der Waals surface area contributed by atoms with Crippen LogP contribution in [0.3, 0.4) is 0 Å². The lowest BCUT2D eigenvalue weighted by Crippen LogP contribution is -2.52. The Kier molecular flexibility index (Phi) is 6.29. The summed E-state index contributed by atoms with van der Waals surface area (Å²) in [4.78, 5) is 29.6. The maximum Gasteiger partial charge on any atom is 0.305 e. The lowest BCUT2D eigenvalue weighted by Gasteiger charge is -2.37. The van der Waals surface area contributed by atoms with Crippen molar-refractivity contribution >= 4 is 11.9 Å². The van der Waals surface area contributed by atoms with E-state index in [1.165, 1.54) is 18.0 Å². The SMILES string of the molecule is COC(=O)CCC[C@H](NC1(c2ccccc2)c2ccccc2-c2ccccc21)C(=O)n1ccnc1. The number of hydrogen-bond acceptors (Lipinski definition) is 5. The molecule has 4 aromatic rings. The number of carbonyl (C=O) groups excluding carboxylic acids is 2. The van der Waals surface area contributed by atoms with Crippen molar-refractivity contribution in [3.05, 3.63) is 114 Å². The Morgan fingerprint density at radius 3 is 2.17 bits per heavy atom. The van der Waals surface area contributed by atoms with Crippen LogP contribution >= 0.6 is 0 Å². The first-order valence-corrected chi connectivity index (χ1v) is 11.8. The number of carbonyl (C=O) groups is 2. The maximum absolute atomic E-state index is 13.7. The van der Waals surface area contributed by atoms with Gasteiger partial charge in [-0.3, -0.25) is 19.5 Å². The highest BCUT2D eigenvalue weighted by Gasteiger charge is 2.46. The van der Waals surface area contributed by atoms with E-state index in [2.05, 4.69) is 46.7 Å². The van der Waals surface area contributed by atoms with Crippen LogP contribution in [0.5, 0.6) is 0 Å². The van der Waals surface area contributed by atoms with Gasteiger partial charge in [-0.15, -0.1) is 0 Å². The molecule has 0 amide bonds. The molecule has 0 aliphatic heterocycles. The average Bonchev–Trinajstić information content (AvgIpc) is 3.55. The number of fused-ring (bicyclic) bond motifs is 3. The molecule has 0 saturated heterocycles. The Hall–Kier alpha value is -4.03. The molecule has 1 atom stereocenters. The second-order valence-corrected chi connectivity index (χ2v) is 8.68. The summed E-state index contributed by atoms with van der Waals surface area (Å²) in [5.74, 6) is -0.405. The maximum atomic E-state index is 13.7. The minimum Gasteiger partial charge on any atom is -0.469 e. The molecule has 1 aliphatic carbocycles. The summed E-state index contributed by atoms with van der Waals surface area (Å²) >= 11 is 0. The van der Waals surface area contributed by atoms with Gasteiger partial charge in [-0.2, -0.15) is 0 Å². The molecule has 0 unspecified atom stereocenters. The Morgan fingerprint density at radius 1 is 0.943 bits per heavy atom. The standard InChI is InChI=1S/C29H27N3O3/c1-35-27(33)17-9-16-26(28(34)32-19-18-30-20-32)31-29(21-10-3-2-4-11-21)24-14-7-5-12-22(24)23-13-6-8-15-25(23)29/h2-8,10-15,18-20,26,31H,9,16-17H2,1H3/t26-/m0/s1. The summed E-state index contributed by atoms with van der Waals surface area (Å²) in [6.45, 7) is 0. The largest absolute Gasteiger partial charge is 0.469 e. The summed E-state index contributed by atoms with van der Waals surface area (Å²) in [6.07, 6.45) is 5.99. The zero-order chi connectivity index (χ0) is 24.3. The zero-order valence-electron chi connectivity index (χ0n) is 19.6. The van der Waals surface area contributed by atoms with Crippen LogP contribution in [-0.2, 0) is 15.1 Å². The lowest BCUT2D eigenvalue weighted by molar-refractivity contribution is -0.140. The molecule has 176 valence electrons. The Bertz CT molecular complexity index is 1290. The second-order valence-electron chi connectivity index (χ2n) is 8.68. The van der Waals surface area contributed by atoms with E-state index < -0.39 is 11.6 Å². The molecule has 1 aromatic heterocycles. The fraction of sp³-hybridized carbons (Fsp3) is 0.207. The molecule has 5 rings (SSSR count). The molecule has 1 aliphatic rings. The highest BCUT2D eigenvalue weighted by Crippen LogP contribution is 2.51. The minimum absolute atomic E-state index is 0.121. The second kappa shape index (κ2) is 9.68. The van der Waals surface area contributed by atoms with Crippen LogP contribution < -0.4 is 5.32 Å². The van der Waals surface area contributed by atoms with Gasteiger partial charge in [0.2, 0.25) is 5.91 Å². The topological polar surface area (TPSA) is 73.2 Å². The van der Waals surface area contributed by atoms with Gasteiger partial charge in [0.05, 0.1) is 18.7 Å². The highest BCUT2D eigenvalue weighted by atomic mass is 16.5. The first kappa shape index (κ1) is 22.7. The van der Waals surface area contributed by atoms with Crippen LogP contribution in [-0.4, -0.2) is 34.6 Å². The van der Waals surface area contributed by atoms with Gasteiger partial charge in [-0.1, -0.05) is 78.9 Å². The van der Waals surface area contributed by atoms with Gasteiger partial charge in [-0.25, -0.2) is 4.98 Å². The highest BCUT2D eigenvalue weighted by molar-refractivity contribution is 5.87. The minimum atomic E-state index is -0.735. The smallest absolute Gasteiger partial charge is 0.305 e. The van der Waals surface area contributed by atoms with E-state index in [-0.39, 0.29) is 18.3 Å². The van der Waals surface area contributed by atoms with Crippen LogP contribution in [0.1, 0.15) is 40.7 Å². The van der Waals surface area contributed by atoms with Crippen LogP contribution in [0.4, 0.5) is 0 Å². The number of nitrogens with one attached hydrogen (secondary N) is 1. The van der Waals surface area contributed by atoms with Crippen LogP contribution in [0.2, 0.25) is 0 Å². The molecule has 0 spiro atoms. The zero-order valence-corrected chi connectivity index (χ0v) is 19.6. The van der Waals surface area contributed by atoms with Crippen molar-refractivity contribution in [3.8, 4) is 11.1 Å². The van der Waals surface area contributed by atoms with Gasteiger partial charge in [-0.05, 0) is 40.7 Å².